The minimum Gasteiger partial charge on any atom is -0.462 e. The molecule has 156 valence electrons. The summed E-state index contributed by atoms with van der Waals surface area (Å²) in [6, 6.07) is 7.65. The van der Waals surface area contributed by atoms with Crippen LogP contribution in [0, 0.1) is 0 Å². The van der Waals surface area contributed by atoms with Crippen LogP contribution in [0.5, 0.6) is 0 Å². The maximum atomic E-state index is 12.8. The van der Waals surface area contributed by atoms with Gasteiger partial charge in [0.05, 0.1) is 17.6 Å². The predicted octanol–water partition coefficient (Wildman–Crippen LogP) is 5.48. The smallest absolute Gasteiger partial charge is 0.344 e. The van der Waals surface area contributed by atoms with E-state index in [1.807, 2.05) is 28.8 Å². The molecule has 3 aromatic rings. The summed E-state index contributed by atoms with van der Waals surface area (Å²) in [6.07, 6.45) is 9.11. The van der Waals surface area contributed by atoms with E-state index in [0.29, 0.717) is 35.7 Å². The van der Waals surface area contributed by atoms with Gasteiger partial charge in [0.1, 0.15) is 16.9 Å². The number of rotatable bonds is 11. The monoisotopic (exact) mass is 396 g/mol. The van der Waals surface area contributed by atoms with Crippen molar-refractivity contribution in [2.75, 3.05) is 12.3 Å². The van der Waals surface area contributed by atoms with Gasteiger partial charge in [-0.05, 0) is 25.0 Å². The molecule has 0 radical (unpaired) electrons. The average molecular weight is 397 g/mol. The van der Waals surface area contributed by atoms with Gasteiger partial charge < -0.3 is 15.0 Å². The number of esters is 1. The highest BCUT2D eigenvalue weighted by atomic mass is 16.5. The number of nitrogen functional groups attached to an aromatic ring is 1. The summed E-state index contributed by atoms with van der Waals surface area (Å²) in [5, 5.41) is 0. The molecule has 0 unspecified atom stereocenters. The van der Waals surface area contributed by atoms with E-state index in [9.17, 15) is 4.79 Å². The highest BCUT2D eigenvalue weighted by molar-refractivity contribution is 6.08. The standard InChI is InChI=1S/C23H32N4O2/c1-3-5-6-7-8-9-12-16-29-23(28)19-20-22(27(15-4-2)21(19)24)26-18-14-11-10-13-17(18)25-20/h10-11,13-14H,3-9,12,15-16,24H2,1-2H3. The molecule has 2 heterocycles. The number of para-hydroxylation sites is 2. The molecule has 2 aromatic heterocycles. The molecule has 0 aliphatic rings. The van der Waals surface area contributed by atoms with Crippen molar-refractivity contribution in [3.05, 3.63) is 29.8 Å². The zero-order valence-electron chi connectivity index (χ0n) is 17.6. The summed E-state index contributed by atoms with van der Waals surface area (Å²) in [7, 11) is 0. The molecular weight excluding hydrogens is 364 g/mol. The number of aryl methyl sites for hydroxylation is 1. The van der Waals surface area contributed by atoms with E-state index >= 15 is 0 Å². The summed E-state index contributed by atoms with van der Waals surface area (Å²) in [6.45, 7) is 5.38. The van der Waals surface area contributed by atoms with Gasteiger partial charge >= 0.3 is 5.97 Å². The number of hydrogen-bond donors (Lipinski definition) is 1. The van der Waals surface area contributed by atoms with Crippen molar-refractivity contribution in [1.29, 1.82) is 0 Å². The van der Waals surface area contributed by atoms with Crippen molar-refractivity contribution in [2.24, 2.45) is 0 Å². The van der Waals surface area contributed by atoms with Gasteiger partial charge in [0.2, 0.25) is 0 Å². The van der Waals surface area contributed by atoms with Crippen molar-refractivity contribution >= 4 is 34.0 Å². The molecule has 6 heteroatoms. The molecule has 0 bridgehead atoms. The van der Waals surface area contributed by atoms with Gasteiger partial charge in [0.15, 0.2) is 5.65 Å². The van der Waals surface area contributed by atoms with E-state index in [1.165, 1.54) is 32.1 Å². The first-order valence-electron chi connectivity index (χ1n) is 10.9. The Morgan fingerprint density at radius 1 is 0.966 bits per heavy atom. The number of unbranched alkanes of at least 4 members (excludes halogenated alkanes) is 6. The molecule has 2 N–H and O–H groups in total. The van der Waals surface area contributed by atoms with E-state index in [2.05, 4.69) is 18.8 Å². The number of aromatic nitrogens is 3. The first-order valence-corrected chi connectivity index (χ1v) is 10.9. The Balaban J connectivity index is 1.74. The van der Waals surface area contributed by atoms with Crippen molar-refractivity contribution < 1.29 is 9.53 Å². The third-order valence-corrected chi connectivity index (χ3v) is 5.22. The van der Waals surface area contributed by atoms with Crippen molar-refractivity contribution in [1.82, 2.24) is 14.5 Å². The van der Waals surface area contributed by atoms with Gasteiger partial charge in [-0.2, -0.15) is 0 Å². The lowest BCUT2D eigenvalue weighted by molar-refractivity contribution is 0.0501. The predicted molar refractivity (Wildman–Crippen MR) is 118 cm³/mol. The van der Waals surface area contributed by atoms with Crippen molar-refractivity contribution in [3.63, 3.8) is 0 Å². The van der Waals surface area contributed by atoms with Crippen molar-refractivity contribution in [3.8, 4) is 0 Å². The molecule has 0 amide bonds. The van der Waals surface area contributed by atoms with Crippen LogP contribution in [0.15, 0.2) is 24.3 Å². The van der Waals surface area contributed by atoms with E-state index in [4.69, 9.17) is 15.5 Å². The molecule has 0 spiro atoms. The van der Waals surface area contributed by atoms with E-state index in [0.717, 1.165) is 30.3 Å². The third-order valence-electron chi connectivity index (χ3n) is 5.22. The quantitative estimate of drug-likeness (QED) is 0.342. The largest absolute Gasteiger partial charge is 0.462 e. The van der Waals surface area contributed by atoms with E-state index in [-0.39, 0.29) is 0 Å². The minimum atomic E-state index is -0.405. The van der Waals surface area contributed by atoms with Crippen LogP contribution in [0.4, 0.5) is 5.82 Å². The Morgan fingerprint density at radius 3 is 2.31 bits per heavy atom. The fraction of sp³-hybridized carbons (Fsp3) is 0.522. The number of fused-ring (bicyclic) bond motifs is 2. The number of carbonyl (C=O) groups excluding carboxylic acids is 1. The number of benzene rings is 1. The molecule has 0 aliphatic carbocycles. The highest BCUT2D eigenvalue weighted by Gasteiger charge is 2.24. The molecule has 0 aliphatic heterocycles. The van der Waals surface area contributed by atoms with E-state index < -0.39 is 5.97 Å². The molecule has 3 rings (SSSR count). The van der Waals surface area contributed by atoms with Crippen LogP contribution in [0.25, 0.3) is 22.2 Å². The summed E-state index contributed by atoms with van der Waals surface area (Å²) < 4.78 is 7.42. The molecule has 1 aromatic carbocycles. The Labute approximate surface area is 172 Å². The topological polar surface area (TPSA) is 83.0 Å². The Morgan fingerprint density at radius 2 is 1.62 bits per heavy atom. The van der Waals surface area contributed by atoms with Crippen LogP contribution < -0.4 is 5.73 Å². The number of hydrogen-bond acceptors (Lipinski definition) is 5. The normalized spacial score (nSPS) is 11.4. The van der Waals surface area contributed by atoms with Crippen LogP contribution in [0.2, 0.25) is 0 Å². The summed E-state index contributed by atoms with van der Waals surface area (Å²) in [5.41, 5.74) is 9.39. The molecule has 0 saturated heterocycles. The first kappa shape index (κ1) is 21.1. The van der Waals surface area contributed by atoms with Crippen molar-refractivity contribution in [2.45, 2.75) is 71.8 Å². The average Bonchev–Trinajstić information content (AvgIpc) is 2.99. The fourth-order valence-electron chi connectivity index (χ4n) is 3.66. The van der Waals surface area contributed by atoms with Gasteiger partial charge in [-0.3, -0.25) is 0 Å². The lowest BCUT2D eigenvalue weighted by Crippen LogP contribution is -2.10. The molecule has 0 atom stereocenters. The summed E-state index contributed by atoms with van der Waals surface area (Å²) in [5.74, 6) is -0.0142. The number of carbonyl (C=O) groups is 1. The Bertz CT molecular complexity index is 964. The highest BCUT2D eigenvalue weighted by Crippen LogP contribution is 2.28. The van der Waals surface area contributed by atoms with Crippen LogP contribution in [0.3, 0.4) is 0 Å². The van der Waals surface area contributed by atoms with Gasteiger partial charge in [-0.1, -0.05) is 64.5 Å². The lowest BCUT2D eigenvalue weighted by Gasteiger charge is -2.06. The molecule has 6 nitrogen and oxygen atoms in total. The van der Waals surface area contributed by atoms with Crippen LogP contribution in [-0.4, -0.2) is 27.1 Å². The Kier molecular flexibility index (Phi) is 7.44. The minimum absolute atomic E-state index is 0.342. The number of ether oxygens (including phenoxy) is 1. The Hall–Kier alpha value is -2.63. The van der Waals surface area contributed by atoms with Crippen LogP contribution >= 0.6 is 0 Å². The maximum Gasteiger partial charge on any atom is 0.344 e. The number of anilines is 1. The SMILES string of the molecule is CCCCCCCCCOC(=O)c1c(N)n(CCC)c2nc3ccccc3nc12. The molecule has 0 saturated carbocycles. The lowest BCUT2D eigenvalue weighted by atomic mass is 10.1. The zero-order valence-corrected chi connectivity index (χ0v) is 17.6. The number of nitrogens with zero attached hydrogens (tertiary/aromatic N) is 3. The van der Waals surface area contributed by atoms with Gasteiger partial charge in [-0.25, -0.2) is 14.8 Å². The second-order valence-electron chi connectivity index (χ2n) is 7.55. The maximum absolute atomic E-state index is 12.8. The van der Waals surface area contributed by atoms with E-state index in [1.54, 1.807) is 0 Å². The summed E-state index contributed by atoms with van der Waals surface area (Å²) in [4.78, 5) is 22.2. The molecular formula is C23H32N4O2. The van der Waals surface area contributed by atoms with Crippen LogP contribution in [0.1, 0.15) is 75.6 Å². The molecule has 0 fully saturated rings. The fourth-order valence-corrected chi connectivity index (χ4v) is 3.66. The zero-order chi connectivity index (χ0) is 20.6. The third kappa shape index (κ3) is 4.86. The van der Waals surface area contributed by atoms with Crippen LogP contribution in [-0.2, 0) is 11.3 Å². The van der Waals surface area contributed by atoms with Gasteiger partial charge in [-0.15, -0.1) is 0 Å². The number of nitrogens with two attached hydrogens (primary N) is 1. The first-order chi connectivity index (χ1) is 14.2. The van der Waals surface area contributed by atoms with Gasteiger partial charge in [0, 0.05) is 6.54 Å². The summed E-state index contributed by atoms with van der Waals surface area (Å²) >= 11 is 0. The van der Waals surface area contributed by atoms with Gasteiger partial charge in [0.25, 0.3) is 0 Å². The molecule has 29 heavy (non-hydrogen) atoms. The second-order valence-corrected chi connectivity index (χ2v) is 7.55. The second kappa shape index (κ2) is 10.2.